The van der Waals surface area contributed by atoms with Crippen molar-refractivity contribution in [3.05, 3.63) is 0 Å². The lowest BCUT2D eigenvalue weighted by Crippen LogP contribution is -2.52. The summed E-state index contributed by atoms with van der Waals surface area (Å²) < 4.78 is 5.30. The molecule has 1 aliphatic heterocycles. The van der Waals surface area contributed by atoms with Crippen molar-refractivity contribution >= 4 is 0 Å². The molecule has 0 aromatic heterocycles. The summed E-state index contributed by atoms with van der Waals surface area (Å²) in [5, 5.41) is 13.7. The molecule has 16 heavy (non-hydrogen) atoms. The first kappa shape index (κ1) is 12.3. The highest BCUT2D eigenvalue weighted by Gasteiger charge is 2.27. The van der Waals surface area contributed by atoms with Crippen LogP contribution in [-0.4, -0.2) is 61.0 Å². The number of ether oxygens (including phenoxy) is 1. The Balaban J connectivity index is 1.67. The molecule has 0 radical (unpaired) electrons. The zero-order valence-corrected chi connectivity index (χ0v) is 10.2. The number of hydrogen-bond acceptors (Lipinski definition) is 4. The van der Waals surface area contributed by atoms with E-state index in [1.165, 1.54) is 19.3 Å². The first-order valence-corrected chi connectivity index (χ1v) is 6.42. The summed E-state index contributed by atoms with van der Waals surface area (Å²) >= 11 is 0. The summed E-state index contributed by atoms with van der Waals surface area (Å²) in [6.45, 7) is 6.86. The van der Waals surface area contributed by atoms with E-state index in [9.17, 15) is 5.11 Å². The summed E-state index contributed by atoms with van der Waals surface area (Å²) in [6, 6.07) is 0.649. The van der Waals surface area contributed by atoms with Crippen molar-refractivity contribution in [3.63, 3.8) is 0 Å². The van der Waals surface area contributed by atoms with Crippen molar-refractivity contribution in [3.8, 4) is 0 Å². The third-order valence-electron chi connectivity index (χ3n) is 3.54. The van der Waals surface area contributed by atoms with Crippen molar-refractivity contribution in [2.24, 2.45) is 0 Å². The van der Waals surface area contributed by atoms with Gasteiger partial charge in [0.05, 0.1) is 18.8 Å². The molecule has 1 saturated carbocycles. The first-order valence-electron chi connectivity index (χ1n) is 6.42. The van der Waals surface area contributed by atoms with E-state index in [1.54, 1.807) is 0 Å². The van der Waals surface area contributed by atoms with Crippen molar-refractivity contribution < 1.29 is 9.84 Å². The minimum Gasteiger partial charge on any atom is -0.388 e. The molecule has 1 aliphatic carbocycles. The second-order valence-electron chi connectivity index (χ2n) is 5.39. The number of nitrogens with one attached hydrogen (secondary N) is 1. The van der Waals surface area contributed by atoms with Crippen molar-refractivity contribution in [2.45, 2.75) is 37.8 Å². The summed E-state index contributed by atoms with van der Waals surface area (Å²) in [7, 11) is 0. The van der Waals surface area contributed by atoms with Crippen LogP contribution in [0.3, 0.4) is 0 Å². The van der Waals surface area contributed by atoms with Gasteiger partial charge in [0.25, 0.3) is 0 Å². The van der Waals surface area contributed by atoms with Crippen molar-refractivity contribution in [1.29, 1.82) is 0 Å². The molecule has 2 fully saturated rings. The molecule has 1 saturated heterocycles. The lowest BCUT2D eigenvalue weighted by Gasteiger charge is -2.36. The maximum atomic E-state index is 10.3. The third kappa shape index (κ3) is 3.70. The van der Waals surface area contributed by atoms with E-state index in [2.05, 4.69) is 10.2 Å². The van der Waals surface area contributed by atoms with Crippen molar-refractivity contribution in [1.82, 2.24) is 10.2 Å². The highest BCUT2D eigenvalue weighted by atomic mass is 16.5. The molecule has 0 aromatic rings. The average Bonchev–Trinajstić information content (AvgIpc) is 2.15. The molecule has 0 spiro atoms. The molecular weight excluding hydrogens is 204 g/mol. The molecule has 4 nitrogen and oxygen atoms in total. The van der Waals surface area contributed by atoms with Gasteiger partial charge in [-0.15, -0.1) is 0 Å². The smallest absolute Gasteiger partial charge is 0.0869 e. The van der Waals surface area contributed by atoms with Crippen LogP contribution < -0.4 is 5.32 Å². The fourth-order valence-electron chi connectivity index (χ4n) is 2.27. The van der Waals surface area contributed by atoms with Gasteiger partial charge in [-0.2, -0.15) is 0 Å². The number of morpholine rings is 1. The molecule has 1 unspecified atom stereocenters. The van der Waals surface area contributed by atoms with E-state index in [0.717, 1.165) is 32.8 Å². The first-order chi connectivity index (χ1) is 7.66. The Bertz CT molecular complexity index is 211. The topological polar surface area (TPSA) is 44.7 Å². The fraction of sp³-hybridized carbons (Fsp3) is 1.00. The summed E-state index contributed by atoms with van der Waals surface area (Å²) in [5.41, 5.74) is -0.618. The molecule has 4 heteroatoms. The fourth-order valence-corrected chi connectivity index (χ4v) is 2.27. The Kier molecular flexibility index (Phi) is 4.19. The van der Waals surface area contributed by atoms with Crippen molar-refractivity contribution in [2.75, 3.05) is 39.4 Å². The van der Waals surface area contributed by atoms with E-state index >= 15 is 0 Å². The van der Waals surface area contributed by atoms with Crippen LogP contribution in [0.25, 0.3) is 0 Å². The van der Waals surface area contributed by atoms with Gasteiger partial charge < -0.3 is 15.2 Å². The number of hydrogen-bond donors (Lipinski definition) is 2. The Hall–Kier alpha value is -0.160. The summed E-state index contributed by atoms with van der Waals surface area (Å²) in [5.74, 6) is 0. The lowest BCUT2D eigenvalue weighted by molar-refractivity contribution is -0.0238. The number of rotatable bonds is 5. The second kappa shape index (κ2) is 5.45. The van der Waals surface area contributed by atoms with E-state index in [4.69, 9.17) is 4.74 Å². The third-order valence-corrected chi connectivity index (χ3v) is 3.54. The van der Waals surface area contributed by atoms with Gasteiger partial charge in [0.15, 0.2) is 0 Å². The normalized spacial score (nSPS) is 27.4. The van der Waals surface area contributed by atoms with E-state index in [-0.39, 0.29) is 0 Å². The van der Waals surface area contributed by atoms with Crippen LogP contribution in [0, 0.1) is 0 Å². The summed E-state index contributed by atoms with van der Waals surface area (Å²) in [4.78, 5) is 2.28. The van der Waals surface area contributed by atoms with Gasteiger partial charge in [-0.3, -0.25) is 4.90 Å². The number of aliphatic hydroxyl groups is 1. The van der Waals surface area contributed by atoms with Gasteiger partial charge in [-0.25, -0.2) is 0 Å². The maximum Gasteiger partial charge on any atom is 0.0869 e. The Labute approximate surface area is 98.0 Å². The maximum absolute atomic E-state index is 10.3. The lowest BCUT2D eigenvalue weighted by atomic mass is 9.92. The van der Waals surface area contributed by atoms with E-state index in [1.807, 2.05) is 6.92 Å². The second-order valence-corrected chi connectivity index (χ2v) is 5.39. The number of β-amino-alcohol motifs (C(OH)–C–C–N with tert-alkyl or cyclic N) is 1. The van der Waals surface area contributed by atoms with E-state index < -0.39 is 5.60 Å². The zero-order chi connectivity index (χ0) is 11.4. The Morgan fingerprint density at radius 3 is 2.62 bits per heavy atom. The minimum absolute atomic E-state index is 0.618. The van der Waals surface area contributed by atoms with Crippen LogP contribution >= 0.6 is 0 Å². The van der Waals surface area contributed by atoms with Gasteiger partial charge in [-0.05, 0) is 19.8 Å². The highest BCUT2D eigenvalue weighted by molar-refractivity contribution is 4.85. The summed E-state index contributed by atoms with van der Waals surface area (Å²) in [6.07, 6.45) is 3.88. The quantitative estimate of drug-likeness (QED) is 0.706. The molecule has 2 N–H and O–H groups in total. The van der Waals surface area contributed by atoms with Crippen LogP contribution in [0.4, 0.5) is 0 Å². The highest BCUT2D eigenvalue weighted by Crippen LogP contribution is 2.18. The minimum atomic E-state index is -0.618. The standard InChI is InChI=1S/C12H24N2O2/c1-12(15,9-13-11-3-2-4-11)10-14-5-7-16-8-6-14/h11,13,15H,2-10H2,1H3. The van der Waals surface area contributed by atoms with Crippen LogP contribution in [-0.2, 0) is 4.74 Å². The van der Waals surface area contributed by atoms with Gasteiger partial charge in [0, 0.05) is 32.2 Å². The predicted octanol–water partition coefficient (Wildman–Crippen LogP) is 0.212. The predicted molar refractivity (Wildman–Crippen MR) is 63.5 cm³/mol. The SMILES string of the molecule is CC(O)(CNC1CCC1)CN1CCOCC1. The molecule has 2 rings (SSSR count). The Morgan fingerprint density at radius 1 is 1.38 bits per heavy atom. The van der Waals surface area contributed by atoms with Gasteiger partial charge in [-0.1, -0.05) is 6.42 Å². The van der Waals surface area contributed by atoms with Gasteiger partial charge in [0.1, 0.15) is 0 Å². The molecule has 1 heterocycles. The van der Waals surface area contributed by atoms with Crippen LogP contribution in [0.1, 0.15) is 26.2 Å². The van der Waals surface area contributed by atoms with Crippen LogP contribution in [0.2, 0.25) is 0 Å². The van der Waals surface area contributed by atoms with Crippen LogP contribution in [0.15, 0.2) is 0 Å². The van der Waals surface area contributed by atoms with E-state index in [0.29, 0.717) is 12.6 Å². The molecule has 0 aromatic carbocycles. The molecule has 94 valence electrons. The number of nitrogens with zero attached hydrogens (tertiary/aromatic N) is 1. The largest absolute Gasteiger partial charge is 0.388 e. The molecule has 2 aliphatic rings. The molecule has 1 atom stereocenters. The Morgan fingerprint density at radius 2 is 2.06 bits per heavy atom. The van der Waals surface area contributed by atoms with Gasteiger partial charge >= 0.3 is 0 Å². The van der Waals surface area contributed by atoms with Crippen LogP contribution in [0.5, 0.6) is 0 Å². The average molecular weight is 228 g/mol. The van der Waals surface area contributed by atoms with Gasteiger partial charge in [0.2, 0.25) is 0 Å². The molecule has 0 bridgehead atoms. The molecule has 0 amide bonds. The monoisotopic (exact) mass is 228 g/mol. The molecular formula is C12H24N2O2. The zero-order valence-electron chi connectivity index (χ0n) is 10.2.